The van der Waals surface area contributed by atoms with Crippen molar-refractivity contribution in [1.82, 2.24) is 5.32 Å². The summed E-state index contributed by atoms with van der Waals surface area (Å²) in [5.41, 5.74) is 0.475. The number of rotatable bonds is 5. The third-order valence-corrected chi connectivity index (χ3v) is 3.87. The van der Waals surface area contributed by atoms with Crippen LogP contribution in [0.1, 0.15) is 37.9 Å². The Hall–Kier alpha value is -2.51. The van der Waals surface area contributed by atoms with Gasteiger partial charge in [0.25, 0.3) is 5.91 Å². The molecule has 0 bridgehead atoms. The van der Waals surface area contributed by atoms with Crippen LogP contribution in [0.15, 0.2) is 48.5 Å². The number of carbonyl (C=O) groups excluding carboxylic acids is 1. The van der Waals surface area contributed by atoms with E-state index in [1.807, 2.05) is 19.1 Å². The average Bonchev–Trinajstić information content (AvgIpc) is 2.56. The van der Waals surface area contributed by atoms with Crippen molar-refractivity contribution in [3.63, 3.8) is 0 Å². The van der Waals surface area contributed by atoms with E-state index in [0.717, 1.165) is 5.56 Å². The van der Waals surface area contributed by atoms with E-state index in [1.165, 1.54) is 0 Å². The van der Waals surface area contributed by atoms with E-state index in [4.69, 9.17) is 21.6 Å². The van der Waals surface area contributed by atoms with Gasteiger partial charge in [0, 0.05) is 5.02 Å². The Balaban J connectivity index is 2.03. The molecule has 1 unspecified atom stereocenters. The number of ether oxygens (including phenoxy) is 1. The number of halogens is 1. The highest BCUT2D eigenvalue weighted by Crippen LogP contribution is 2.22. The summed E-state index contributed by atoms with van der Waals surface area (Å²) < 4.78 is 5.78. The fraction of sp³-hybridized carbons (Fsp3) is 0.263. The minimum Gasteiger partial charge on any atom is -0.478 e. The molecule has 2 rings (SSSR count). The summed E-state index contributed by atoms with van der Waals surface area (Å²) >= 11 is 5.85. The van der Waals surface area contributed by atoms with Gasteiger partial charge in [0.15, 0.2) is 5.60 Å². The largest absolute Gasteiger partial charge is 0.478 e. The number of nitriles is 1. The Morgan fingerprint density at radius 2 is 1.75 bits per heavy atom. The van der Waals surface area contributed by atoms with Gasteiger partial charge in [0.2, 0.25) is 0 Å². The molecule has 0 aliphatic rings. The molecule has 0 saturated carbocycles. The molecule has 124 valence electrons. The summed E-state index contributed by atoms with van der Waals surface area (Å²) in [5.74, 6) is 0.347. The number of nitrogens with one attached hydrogen (secondary N) is 1. The van der Waals surface area contributed by atoms with Crippen LogP contribution >= 0.6 is 11.6 Å². The van der Waals surface area contributed by atoms with Gasteiger partial charge in [0.1, 0.15) is 5.75 Å². The highest BCUT2D eigenvalue weighted by molar-refractivity contribution is 6.30. The summed E-state index contributed by atoms with van der Waals surface area (Å²) in [7, 11) is 0. The van der Waals surface area contributed by atoms with E-state index in [0.29, 0.717) is 16.3 Å². The maximum absolute atomic E-state index is 12.5. The van der Waals surface area contributed by atoms with Crippen molar-refractivity contribution >= 4 is 17.5 Å². The molecule has 0 fully saturated rings. The fourth-order valence-electron chi connectivity index (χ4n) is 2.14. The first-order valence-electron chi connectivity index (χ1n) is 7.57. The molecule has 2 aromatic carbocycles. The van der Waals surface area contributed by atoms with E-state index in [-0.39, 0.29) is 11.9 Å². The lowest BCUT2D eigenvalue weighted by Crippen LogP contribution is -2.47. The second-order valence-electron chi connectivity index (χ2n) is 6.00. The van der Waals surface area contributed by atoms with Crippen LogP contribution in [0.25, 0.3) is 0 Å². The van der Waals surface area contributed by atoms with Crippen molar-refractivity contribution in [3.8, 4) is 11.8 Å². The minimum atomic E-state index is -1.03. The SMILES string of the molecule is CC(NC(=O)C(C)(C)Oc1ccc(Cl)cc1)c1ccc(C#N)cc1. The van der Waals surface area contributed by atoms with Gasteiger partial charge in [-0.15, -0.1) is 0 Å². The third kappa shape index (κ3) is 4.50. The Bertz CT molecular complexity index is 746. The molecule has 2 aromatic rings. The second-order valence-corrected chi connectivity index (χ2v) is 6.43. The summed E-state index contributed by atoms with van der Waals surface area (Å²) in [6.45, 7) is 5.31. The lowest BCUT2D eigenvalue weighted by atomic mass is 10.0. The van der Waals surface area contributed by atoms with Crippen LogP contribution in [0.3, 0.4) is 0 Å². The van der Waals surface area contributed by atoms with Crippen molar-refractivity contribution in [1.29, 1.82) is 5.26 Å². The molecule has 1 atom stereocenters. The molecular formula is C19H19ClN2O2. The van der Waals surface area contributed by atoms with Crippen LogP contribution in [0.4, 0.5) is 0 Å². The van der Waals surface area contributed by atoms with Gasteiger partial charge < -0.3 is 10.1 Å². The summed E-state index contributed by atoms with van der Waals surface area (Å²) in [6.07, 6.45) is 0. The maximum atomic E-state index is 12.5. The van der Waals surface area contributed by atoms with E-state index >= 15 is 0 Å². The molecule has 0 spiro atoms. The zero-order chi connectivity index (χ0) is 17.7. The molecular weight excluding hydrogens is 324 g/mol. The average molecular weight is 343 g/mol. The Kier molecular flexibility index (Phi) is 5.48. The van der Waals surface area contributed by atoms with Crippen molar-refractivity contribution in [2.45, 2.75) is 32.4 Å². The fourth-order valence-corrected chi connectivity index (χ4v) is 2.27. The molecule has 24 heavy (non-hydrogen) atoms. The lowest BCUT2D eigenvalue weighted by Gasteiger charge is -2.27. The molecule has 0 aromatic heterocycles. The standard InChI is InChI=1S/C19H19ClN2O2/c1-13(15-6-4-14(12-21)5-7-15)22-18(23)19(2,3)24-17-10-8-16(20)9-11-17/h4-11,13H,1-3H3,(H,22,23). The van der Waals surface area contributed by atoms with E-state index in [9.17, 15) is 4.79 Å². The van der Waals surface area contributed by atoms with Crippen LogP contribution in [0, 0.1) is 11.3 Å². The lowest BCUT2D eigenvalue weighted by molar-refractivity contribution is -0.134. The number of hydrogen-bond acceptors (Lipinski definition) is 3. The first kappa shape index (κ1) is 17.8. The van der Waals surface area contributed by atoms with Gasteiger partial charge in [-0.05, 0) is 62.7 Å². The van der Waals surface area contributed by atoms with Gasteiger partial charge in [-0.2, -0.15) is 5.26 Å². The molecule has 0 radical (unpaired) electrons. The number of carbonyl (C=O) groups is 1. The van der Waals surface area contributed by atoms with Gasteiger partial charge in [-0.1, -0.05) is 23.7 Å². The number of amides is 1. The predicted molar refractivity (Wildman–Crippen MR) is 93.9 cm³/mol. The summed E-state index contributed by atoms with van der Waals surface area (Å²) in [5, 5.41) is 12.4. The predicted octanol–water partition coefficient (Wildman–Crippen LogP) is 4.25. The van der Waals surface area contributed by atoms with Crippen LogP contribution < -0.4 is 10.1 Å². The molecule has 1 amide bonds. The third-order valence-electron chi connectivity index (χ3n) is 3.62. The molecule has 0 heterocycles. The topological polar surface area (TPSA) is 62.1 Å². The number of nitrogens with zero attached hydrogens (tertiary/aromatic N) is 1. The number of hydrogen-bond donors (Lipinski definition) is 1. The van der Waals surface area contributed by atoms with Gasteiger partial charge >= 0.3 is 0 Å². The molecule has 4 nitrogen and oxygen atoms in total. The van der Waals surface area contributed by atoms with Gasteiger partial charge in [-0.25, -0.2) is 0 Å². The Labute approximate surface area is 147 Å². The minimum absolute atomic E-state index is 0.196. The van der Waals surface area contributed by atoms with Gasteiger partial charge in [0.05, 0.1) is 17.7 Å². The number of benzene rings is 2. The van der Waals surface area contributed by atoms with Crippen LogP contribution in [-0.4, -0.2) is 11.5 Å². The summed E-state index contributed by atoms with van der Waals surface area (Å²) in [4.78, 5) is 12.5. The first-order valence-corrected chi connectivity index (χ1v) is 7.95. The van der Waals surface area contributed by atoms with E-state index in [1.54, 1.807) is 50.2 Å². The maximum Gasteiger partial charge on any atom is 0.264 e. The molecule has 1 N–H and O–H groups in total. The van der Waals surface area contributed by atoms with Crippen molar-refractivity contribution < 1.29 is 9.53 Å². The van der Waals surface area contributed by atoms with Crippen molar-refractivity contribution in [2.75, 3.05) is 0 Å². The zero-order valence-corrected chi connectivity index (χ0v) is 14.6. The highest BCUT2D eigenvalue weighted by atomic mass is 35.5. The van der Waals surface area contributed by atoms with Crippen LogP contribution in [-0.2, 0) is 4.79 Å². The van der Waals surface area contributed by atoms with E-state index in [2.05, 4.69) is 11.4 Å². The van der Waals surface area contributed by atoms with Crippen molar-refractivity contribution in [3.05, 3.63) is 64.7 Å². The molecule has 5 heteroatoms. The smallest absolute Gasteiger partial charge is 0.264 e. The molecule has 0 aliphatic carbocycles. The van der Waals surface area contributed by atoms with E-state index < -0.39 is 5.60 Å². The monoisotopic (exact) mass is 342 g/mol. The quantitative estimate of drug-likeness (QED) is 0.883. The normalized spacial score (nSPS) is 12.1. The molecule has 0 saturated heterocycles. The molecule has 0 aliphatic heterocycles. The van der Waals surface area contributed by atoms with Crippen LogP contribution in [0.2, 0.25) is 5.02 Å². The van der Waals surface area contributed by atoms with Gasteiger partial charge in [-0.3, -0.25) is 4.79 Å². The highest BCUT2D eigenvalue weighted by Gasteiger charge is 2.31. The Morgan fingerprint density at radius 1 is 1.17 bits per heavy atom. The zero-order valence-electron chi connectivity index (χ0n) is 13.8. The Morgan fingerprint density at radius 3 is 2.29 bits per heavy atom. The first-order chi connectivity index (χ1) is 11.3. The van der Waals surface area contributed by atoms with Crippen molar-refractivity contribution in [2.24, 2.45) is 0 Å². The van der Waals surface area contributed by atoms with Crippen LogP contribution in [0.5, 0.6) is 5.75 Å². The summed E-state index contributed by atoms with van der Waals surface area (Å²) in [6, 6.07) is 15.9. The second kappa shape index (κ2) is 7.37.